The summed E-state index contributed by atoms with van der Waals surface area (Å²) < 4.78 is 1.91. The van der Waals surface area contributed by atoms with Crippen LogP contribution in [0.25, 0.3) is 0 Å². The highest BCUT2D eigenvalue weighted by Gasteiger charge is 2.29. The molecule has 1 aliphatic carbocycles. The van der Waals surface area contributed by atoms with E-state index in [9.17, 15) is 14.7 Å². The number of carbonyl (C=O) groups is 2. The van der Waals surface area contributed by atoms with Crippen molar-refractivity contribution in [1.82, 2.24) is 20.1 Å². The van der Waals surface area contributed by atoms with Crippen molar-refractivity contribution in [3.8, 4) is 0 Å². The first-order valence-corrected chi connectivity index (χ1v) is 9.52. The summed E-state index contributed by atoms with van der Waals surface area (Å²) in [5, 5.41) is 21.0. The average molecular weight is 354 g/mol. The van der Waals surface area contributed by atoms with Crippen LogP contribution in [0.2, 0.25) is 0 Å². The minimum Gasteiger partial charge on any atom is -0.481 e. The van der Waals surface area contributed by atoms with E-state index >= 15 is 0 Å². The molecule has 24 heavy (non-hydrogen) atoms. The smallest absolute Gasteiger partial charge is 0.308 e. The largest absolute Gasteiger partial charge is 0.481 e. The predicted octanol–water partition coefficient (Wildman–Crippen LogP) is 2.49. The van der Waals surface area contributed by atoms with E-state index in [0.29, 0.717) is 11.6 Å². The Hall–Kier alpha value is -1.57. The molecule has 2 atom stereocenters. The molecule has 1 fully saturated rings. The molecule has 134 valence electrons. The highest BCUT2D eigenvalue weighted by molar-refractivity contribution is 7.99. The van der Waals surface area contributed by atoms with E-state index in [0.717, 1.165) is 32.1 Å². The Morgan fingerprint density at radius 2 is 2.04 bits per heavy atom. The highest BCUT2D eigenvalue weighted by Crippen LogP contribution is 2.24. The first-order chi connectivity index (χ1) is 11.5. The number of nitrogens with one attached hydrogen (secondary N) is 1. The SMILES string of the molecule is CC(C)n1cnnc1SCC(=O)NC1CCCCCCC1C(=O)O. The molecule has 1 amide bonds. The van der Waals surface area contributed by atoms with Crippen molar-refractivity contribution in [3.05, 3.63) is 6.33 Å². The molecule has 0 aromatic carbocycles. The zero-order valence-electron chi connectivity index (χ0n) is 14.3. The lowest BCUT2D eigenvalue weighted by Gasteiger charge is -2.27. The summed E-state index contributed by atoms with van der Waals surface area (Å²) in [7, 11) is 0. The van der Waals surface area contributed by atoms with Gasteiger partial charge >= 0.3 is 5.97 Å². The van der Waals surface area contributed by atoms with Gasteiger partial charge in [-0.25, -0.2) is 0 Å². The van der Waals surface area contributed by atoms with Gasteiger partial charge in [-0.3, -0.25) is 9.59 Å². The molecule has 2 unspecified atom stereocenters. The van der Waals surface area contributed by atoms with Crippen LogP contribution in [-0.2, 0) is 9.59 Å². The Morgan fingerprint density at radius 3 is 2.71 bits per heavy atom. The van der Waals surface area contributed by atoms with Gasteiger partial charge in [-0.1, -0.05) is 37.4 Å². The second kappa shape index (κ2) is 9.05. The number of carboxylic acids is 1. The van der Waals surface area contributed by atoms with E-state index < -0.39 is 11.9 Å². The topological polar surface area (TPSA) is 97.1 Å². The maximum absolute atomic E-state index is 12.3. The zero-order chi connectivity index (χ0) is 17.5. The number of aliphatic carboxylic acids is 1. The Balaban J connectivity index is 1.91. The molecule has 1 aliphatic rings. The third kappa shape index (κ3) is 5.22. The quantitative estimate of drug-likeness (QED) is 0.762. The molecule has 1 saturated carbocycles. The number of hydrogen-bond donors (Lipinski definition) is 2. The third-order valence-electron chi connectivity index (χ3n) is 4.36. The van der Waals surface area contributed by atoms with E-state index in [1.54, 1.807) is 6.33 Å². The minimum atomic E-state index is -0.811. The van der Waals surface area contributed by atoms with Crippen molar-refractivity contribution in [2.45, 2.75) is 69.6 Å². The highest BCUT2D eigenvalue weighted by atomic mass is 32.2. The number of aromatic nitrogens is 3. The second-order valence-corrected chi connectivity index (χ2v) is 7.46. The molecule has 2 rings (SSSR count). The molecule has 7 nitrogen and oxygen atoms in total. The molecule has 0 aliphatic heterocycles. The summed E-state index contributed by atoms with van der Waals surface area (Å²) in [6, 6.07) is -0.0496. The van der Waals surface area contributed by atoms with Gasteiger partial charge in [0.25, 0.3) is 0 Å². The molecular formula is C16H26N4O3S. The van der Waals surface area contributed by atoms with Crippen LogP contribution in [-0.4, -0.2) is 43.5 Å². The third-order valence-corrected chi connectivity index (χ3v) is 5.32. The molecule has 0 spiro atoms. The van der Waals surface area contributed by atoms with Crippen molar-refractivity contribution in [2.24, 2.45) is 5.92 Å². The van der Waals surface area contributed by atoms with Gasteiger partial charge in [-0.2, -0.15) is 0 Å². The Labute approximate surface area is 146 Å². The number of thioether (sulfide) groups is 1. The van der Waals surface area contributed by atoms with Crippen LogP contribution in [0, 0.1) is 5.92 Å². The maximum atomic E-state index is 12.3. The summed E-state index contributed by atoms with van der Waals surface area (Å²) >= 11 is 1.33. The minimum absolute atomic E-state index is 0.143. The van der Waals surface area contributed by atoms with Crippen LogP contribution in [0.1, 0.15) is 58.4 Å². The fraction of sp³-hybridized carbons (Fsp3) is 0.750. The van der Waals surface area contributed by atoms with Crippen LogP contribution in [0.4, 0.5) is 0 Å². The summed E-state index contributed by atoms with van der Waals surface area (Å²) in [4.78, 5) is 23.8. The van der Waals surface area contributed by atoms with Gasteiger partial charge in [-0.15, -0.1) is 10.2 Å². The van der Waals surface area contributed by atoms with Crippen LogP contribution < -0.4 is 5.32 Å². The molecule has 2 N–H and O–H groups in total. The summed E-state index contributed by atoms with van der Waals surface area (Å²) in [5.41, 5.74) is 0. The van der Waals surface area contributed by atoms with E-state index in [1.807, 2.05) is 18.4 Å². The summed E-state index contributed by atoms with van der Waals surface area (Å²) in [6.45, 7) is 4.05. The van der Waals surface area contributed by atoms with Crippen molar-refractivity contribution < 1.29 is 14.7 Å². The Bertz CT molecular complexity index is 561. The van der Waals surface area contributed by atoms with Gasteiger partial charge in [0.15, 0.2) is 5.16 Å². The van der Waals surface area contributed by atoms with Crippen molar-refractivity contribution in [2.75, 3.05) is 5.75 Å². The lowest BCUT2D eigenvalue weighted by atomic mass is 9.87. The van der Waals surface area contributed by atoms with Crippen LogP contribution in [0.5, 0.6) is 0 Å². The monoisotopic (exact) mass is 354 g/mol. The molecule has 0 saturated heterocycles. The van der Waals surface area contributed by atoms with Gasteiger partial charge < -0.3 is 15.0 Å². The predicted molar refractivity (Wildman–Crippen MR) is 91.9 cm³/mol. The van der Waals surface area contributed by atoms with Gasteiger partial charge in [0.1, 0.15) is 6.33 Å². The van der Waals surface area contributed by atoms with Crippen molar-refractivity contribution >= 4 is 23.6 Å². The number of carboxylic acid groups (broad SMARTS) is 1. The molecule has 1 heterocycles. The number of carbonyl (C=O) groups excluding carboxylic acids is 1. The normalized spacial score (nSPS) is 22.0. The van der Waals surface area contributed by atoms with Gasteiger partial charge in [0.2, 0.25) is 5.91 Å². The molecule has 0 bridgehead atoms. The average Bonchev–Trinajstić information content (AvgIpc) is 2.96. The first kappa shape index (κ1) is 18.8. The van der Waals surface area contributed by atoms with Gasteiger partial charge in [0, 0.05) is 12.1 Å². The van der Waals surface area contributed by atoms with Gasteiger partial charge in [0.05, 0.1) is 11.7 Å². The fourth-order valence-corrected chi connectivity index (χ4v) is 3.88. The van der Waals surface area contributed by atoms with Crippen LogP contribution in [0.3, 0.4) is 0 Å². The van der Waals surface area contributed by atoms with Crippen LogP contribution >= 0.6 is 11.8 Å². The van der Waals surface area contributed by atoms with E-state index in [1.165, 1.54) is 11.8 Å². The Morgan fingerprint density at radius 1 is 1.33 bits per heavy atom. The fourth-order valence-electron chi connectivity index (χ4n) is 3.02. The standard InChI is InChI=1S/C16H26N4O3S/c1-11(2)20-10-17-19-16(20)24-9-14(21)18-13-8-6-4-3-5-7-12(13)15(22)23/h10-13H,3-9H2,1-2H3,(H,18,21)(H,22,23). The molecular weight excluding hydrogens is 328 g/mol. The summed E-state index contributed by atoms with van der Waals surface area (Å²) in [5.74, 6) is -1.23. The summed E-state index contributed by atoms with van der Waals surface area (Å²) in [6.07, 6.45) is 7.07. The molecule has 0 radical (unpaired) electrons. The maximum Gasteiger partial charge on any atom is 0.308 e. The lowest BCUT2D eigenvalue weighted by Crippen LogP contribution is -2.44. The number of amides is 1. The lowest BCUT2D eigenvalue weighted by molar-refractivity contribution is -0.143. The molecule has 1 aromatic heterocycles. The Kier molecular flexibility index (Phi) is 7.08. The number of hydrogen-bond acceptors (Lipinski definition) is 5. The number of rotatable bonds is 6. The van der Waals surface area contributed by atoms with E-state index in [4.69, 9.17) is 0 Å². The zero-order valence-corrected chi connectivity index (χ0v) is 15.1. The van der Waals surface area contributed by atoms with Gasteiger partial charge in [-0.05, 0) is 26.7 Å². The van der Waals surface area contributed by atoms with Crippen molar-refractivity contribution in [1.29, 1.82) is 0 Å². The molecule has 1 aromatic rings. The van der Waals surface area contributed by atoms with Crippen molar-refractivity contribution in [3.63, 3.8) is 0 Å². The number of nitrogens with zero attached hydrogens (tertiary/aromatic N) is 3. The van der Waals surface area contributed by atoms with E-state index in [2.05, 4.69) is 15.5 Å². The second-order valence-electron chi connectivity index (χ2n) is 6.51. The molecule has 8 heteroatoms. The first-order valence-electron chi connectivity index (χ1n) is 8.53. The van der Waals surface area contributed by atoms with E-state index in [-0.39, 0.29) is 23.7 Å². The van der Waals surface area contributed by atoms with Crippen LogP contribution in [0.15, 0.2) is 11.5 Å².